The Kier molecular flexibility index (Phi) is 1.70. The largest absolute Gasteiger partial charge is 0.447 e. The van der Waals surface area contributed by atoms with Crippen molar-refractivity contribution in [3.05, 3.63) is 0 Å². The molecule has 0 aromatic rings. The van der Waals surface area contributed by atoms with Crippen LogP contribution < -0.4 is 0 Å². The van der Waals surface area contributed by atoms with Gasteiger partial charge in [-0.05, 0) is 6.92 Å². The Labute approximate surface area is 104 Å². The first-order valence-corrected chi connectivity index (χ1v) is 5.76. The Balaban J connectivity index is 2.39. The maximum atomic E-state index is 9.63. The van der Waals surface area contributed by atoms with Crippen molar-refractivity contribution in [2.45, 2.75) is 32.7 Å². The van der Waals surface area contributed by atoms with Crippen molar-refractivity contribution in [1.29, 1.82) is 15.9 Å². The molecule has 4 aliphatic heterocycles. The van der Waals surface area contributed by atoms with Crippen LogP contribution in [0.5, 0.6) is 0 Å². The number of nitrogens with one attached hydrogen (secondary N) is 1. The lowest BCUT2D eigenvalue weighted by molar-refractivity contribution is -0.325. The van der Waals surface area contributed by atoms with Gasteiger partial charge in [0, 0.05) is 12.8 Å². The molecule has 3 fully saturated rings. The molecule has 0 radical (unpaired) electrons. The Morgan fingerprint density at radius 1 is 1.28 bits per heavy atom. The van der Waals surface area contributed by atoms with E-state index in [9.17, 15) is 10.5 Å². The summed E-state index contributed by atoms with van der Waals surface area (Å²) < 4.78 is 11.4. The minimum atomic E-state index is -1.30. The number of amidine groups is 1. The average Bonchev–Trinajstić information content (AvgIpc) is 2.52. The Morgan fingerprint density at radius 3 is 2.44 bits per heavy atom. The van der Waals surface area contributed by atoms with Gasteiger partial charge in [-0.1, -0.05) is 6.92 Å². The first kappa shape index (κ1) is 11.2. The van der Waals surface area contributed by atoms with Crippen LogP contribution in [0.15, 0.2) is 4.99 Å². The second kappa shape index (κ2) is 2.73. The molecular weight excluding hydrogens is 232 g/mol. The van der Waals surface area contributed by atoms with Crippen molar-refractivity contribution in [3.63, 3.8) is 0 Å². The normalized spacial score (nSPS) is 52.3. The van der Waals surface area contributed by atoms with E-state index in [1.165, 1.54) is 0 Å². The highest BCUT2D eigenvalue weighted by atomic mass is 16.7. The Hall–Kier alpha value is -1.92. The molecular formula is C12H12N4O2. The molecule has 1 N–H and O–H groups in total. The molecule has 0 aromatic carbocycles. The average molecular weight is 244 g/mol. The number of fused-ring (bicyclic) bond motifs is 1. The van der Waals surface area contributed by atoms with Gasteiger partial charge in [-0.3, -0.25) is 5.41 Å². The third kappa shape index (κ3) is 0.739. The van der Waals surface area contributed by atoms with E-state index in [0.717, 1.165) is 0 Å². The standard InChI is InChI=1S/C12H12N4O2/c1-6-10(3)17-7(2)12(5-14)9(18-10)16-8(15)11(6,12)4-13/h6-7,15H,1-3H3/t6-,7+,10+,11-,12+/m1/s1. The number of ether oxygens (including phenoxy) is 2. The van der Waals surface area contributed by atoms with Crippen molar-refractivity contribution in [3.8, 4) is 12.1 Å². The predicted octanol–water partition coefficient (Wildman–Crippen LogP) is 1.20. The summed E-state index contributed by atoms with van der Waals surface area (Å²) in [6, 6.07) is 4.31. The molecule has 4 heterocycles. The van der Waals surface area contributed by atoms with Crippen LogP contribution in [0.4, 0.5) is 0 Å². The fourth-order valence-corrected chi connectivity index (χ4v) is 3.48. The molecule has 4 bridgehead atoms. The molecule has 0 unspecified atom stereocenters. The van der Waals surface area contributed by atoms with Gasteiger partial charge >= 0.3 is 0 Å². The lowest BCUT2D eigenvalue weighted by atomic mass is 9.52. The second-order valence-electron chi connectivity index (χ2n) is 5.20. The quantitative estimate of drug-likeness (QED) is 0.691. The molecule has 0 aromatic heterocycles. The maximum absolute atomic E-state index is 9.63. The van der Waals surface area contributed by atoms with Gasteiger partial charge in [0.15, 0.2) is 10.8 Å². The summed E-state index contributed by atoms with van der Waals surface area (Å²) in [4.78, 5) is 4.02. The van der Waals surface area contributed by atoms with Crippen LogP contribution in [0.3, 0.4) is 0 Å². The van der Waals surface area contributed by atoms with Gasteiger partial charge in [0.2, 0.25) is 11.7 Å². The fourth-order valence-electron chi connectivity index (χ4n) is 3.48. The number of hydrogen-bond donors (Lipinski definition) is 1. The molecule has 5 atom stereocenters. The van der Waals surface area contributed by atoms with Gasteiger partial charge in [-0.2, -0.15) is 15.5 Å². The van der Waals surface area contributed by atoms with Gasteiger partial charge < -0.3 is 9.47 Å². The number of hydrogen-bond acceptors (Lipinski definition) is 5. The molecule has 0 aliphatic carbocycles. The summed E-state index contributed by atoms with van der Waals surface area (Å²) in [7, 11) is 0. The van der Waals surface area contributed by atoms with Crippen molar-refractivity contribution in [2.24, 2.45) is 21.7 Å². The minimum absolute atomic E-state index is 0.0899. The number of rotatable bonds is 0. The van der Waals surface area contributed by atoms with Crippen LogP contribution in [-0.2, 0) is 9.47 Å². The lowest BCUT2D eigenvalue weighted by Crippen LogP contribution is -2.72. The highest BCUT2D eigenvalue weighted by Gasteiger charge is 2.80. The predicted molar refractivity (Wildman–Crippen MR) is 60.5 cm³/mol. The highest BCUT2D eigenvalue weighted by molar-refractivity contribution is 6.12. The molecule has 0 amide bonds. The zero-order chi connectivity index (χ0) is 13.3. The van der Waals surface area contributed by atoms with E-state index in [4.69, 9.17) is 14.9 Å². The first-order valence-electron chi connectivity index (χ1n) is 5.76. The lowest BCUT2D eigenvalue weighted by Gasteiger charge is -2.59. The van der Waals surface area contributed by atoms with Gasteiger partial charge in [-0.25, -0.2) is 0 Å². The number of nitriles is 2. The molecule has 4 rings (SSSR count). The third-order valence-electron chi connectivity index (χ3n) is 4.65. The smallest absolute Gasteiger partial charge is 0.218 e. The van der Waals surface area contributed by atoms with E-state index < -0.39 is 28.6 Å². The maximum Gasteiger partial charge on any atom is 0.218 e. The van der Waals surface area contributed by atoms with Gasteiger partial charge in [0.05, 0.1) is 18.2 Å². The molecule has 3 saturated heterocycles. The summed E-state index contributed by atoms with van der Waals surface area (Å²) in [5.41, 5.74) is -2.57. The van der Waals surface area contributed by atoms with E-state index in [0.29, 0.717) is 0 Å². The highest BCUT2D eigenvalue weighted by Crippen LogP contribution is 2.65. The van der Waals surface area contributed by atoms with E-state index in [-0.39, 0.29) is 11.7 Å². The number of nitrogens with zero attached hydrogens (tertiary/aromatic N) is 3. The molecule has 92 valence electrons. The van der Waals surface area contributed by atoms with Crippen molar-refractivity contribution in [1.82, 2.24) is 0 Å². The summed E-state index contributed by atoms with van der Waals surface area (Å²) in [6.07, 6.45) is -0.529. The number of aliphatic imine (C=N–C) groups is 1. The van der Waals surface area contributed by atoms with E-state index >= 15 is 0 Å². The third-order valence-corrected chi connectivity index (χ3v) is 4.65. The molecule has 6 heteroatoms. The summed E-state index contributed by atoms with van der Waals surface area (Å²) in [5, 5.41) is 27.2. The summed E-state index contributed by atoms with van der Waals surface area (Å²) >= 11 is 0. The molecule has 0 saturated carbocycles. The zero-order valence-corrected chi connectivity index (χ0v) is 10.3. The first-order chi connectivity index (χ1) is 8.39. The van der Waals surface area contributed by atoms with Crippen LogP contribution in [-0.4, -0.2) is 23.6 Å². The molecule has 0 spiro atoms. The van der Waals surface area contributed by atoms with Crippen molar-refractivity contribution >= 4 is 11.7 Å². The Bertz CT molecular complexity index is 586. The van der Waals surface area contributed by atoms with Crippen LogP contribution >= 0.6 is 0 Å². The monoisotopic (exact) mass is 244 g/mol. The zero-order valence-electron chi connectivity index (χ0n) is 10.3. The van der Waals surface area contributed by atoms with Gasteiger partial charge in [0.1, 0.15) is 5.84 Å². The van der Waals surface area contributed by atoms with Crippen LogP contribution in [0.1, 0.15) is 20.8 Å². The van der Waals surface area contributed by atoms with Crippen LogP contribution in [0.25, 0.3) is 0 Å². The van der Waals surface area contributed by atoms with Crippen molar-refractivity contribution in [2.75, 3.05) is 0 Å². The van der Waals surface area contributed by atoms with Crippen LogP contribution in [0.2, 0.25) is 0 Å². The second-order valence-corrected chi connectivity index (χ2v) is 5.20. The van der Waals surface area contributed by atoms with Crippen molar-refractivity contribution < 1.29 is 9.47 Å². The molecule has 6 nitrogen and oxygen atoms in total. The van der Waals surface area contributed by atoms with E-state index in [1.54, 1.807) is 20.8 Å². The molecule has 18 heavy (non-hydrogen) atoms. The fraction of sp³-hybridized carbons (Fsp3) is 0.667. The van der Waals surface area contributed by atoms with Gasteiger partial charge in [0.25, 0.3) is 0 Å². The molecule has 4 aliphatic rings. The SMILES string of the molecule is C[C@@H]1[C@]2(C)OC3=NC(=N)[C@]1(C#N)[C@@]3(C#N)[C@H](C)O2. The summed E-state index contributed by atoms with van der Waals surface area (Å²) in [5.74, 6) is -1.37. The Morgan fingerprint density at radius 2 is 1.89 bits per heavy atom. The van der Waals surface area contributed by atoms with Gasteiger partial charge in [-0.15, -0.1) is 0 Å². The topological polar surface area (TPSA) is 102 Å². The van der Waals surface area contributed by atoms with E-state index in [1.807, 2.05) is 0 Å². The van der Waals surface area contributed by atoms with Crippen LogP contribution in [0, 0.1) is 44.8 Å². The minimum Gasteiger partial charge on any atom is -0.447 e. The van der Waals surface area contributed by atoms with E-state index in [2.05, 4.69) is 17.1 Å². The summed E-state index contributed by atoms with van der Waals surface area (Å²) in [6.45, 7) is 5.23.